The Bertz CT molecular complexity index is 957. The molecule has 2 aromatic rings. The summed E-state index contributed by atoms with van der Waals surface area (Å²) in [5, 5.41) is 5.35. The molecule has 0 spiro atoms. The van der Waals surface area contributed by atoms with Gasteiger partial charge in [0.25, 0.3) is 5.91 Å². The molecule has 0 aliphatic carbocycles. The van der Waals surface area contributed by atoms with Gasteiger partial charge in [0.2, 0.25) is 5.91 Å². The van der Waals surface area contributed by atoms with Crippen LogP contribution in [0.4, 0.5) is 17.6 Å². The average molecular weight is 497 g/mol. The van der Waals surface area contributed by atoms with Crippen LogP contribution in [-0.4, -0.2) is 29.9 Å². The van der Waals surface area contributed by atoms with Gasteiger partial charge >= 0.3 is 6.18 Å². The largest absolute Gasteiger partial charge is 0.416 e. The van der Waals surface area contributed by atoms with Crippen molar-refractivity contribution in [2.75, 3.05) is 12.0 Å². The van der Waals surface area contributed by atoms with Crippen LogP contribution in [0.5, 0.6) is 0 Å². The van der Waals surface area contributed by atoms with E-state index in [1.54, 1.807) is 6.26 Å². The molecule has 11 heteroatoms. The zero-order valence-electron chi connectivity index (χ0n) is 16.2. The first-order valence-electron chi connectivity index (χ1n) is 8.91. The quantitative estimate of drug-likeness (QED) is 0.486. The molecule has 2 N–H and O–H groups in total. The van der Waals surface area contributed by atoms with Gasteiger partial charge in [-0.25, -0.2) is 4.39 Å². The van der Waals surface area contributed by atoms with Gasteiger partial charge in [-0.1, -0.05) is 29.3 Å². The van der Waals surface area contributed by atoms with Gasteiger partial charge in [-0.05, 0) is 54.3 Å². The van der Waals surface area contributed by atoms with E-state index in [4.69, 9.17) is 23.2 Å². The summed E-state index contributed by atoms with van der Waals surface area (Å²) in [6.07, 6.45) is -2.74. The minimum absolute atomic E-state index is 0.0927. The first-order valence-corrected chi connectivity index (χ1v) is 11.1. The predicted molar refractivity (Wildman–Crippen MR) is 114 cm³/mol. The second kappa shape index (κ2) is 11.1. The summed E-state index contributed by atoms with van der Waals surface area (Å²) in [5.41, 5.74) is -1.37. The summed E-state index contributed by atoms with van der Waals surface area (Å²) in [6, 6.07) is 5.44. The van der Waals surface area contributed by atoms with Gasteiger partial charge in [-0.15, -0.1) is 0 Å². The minimum Gasteiger partial charge on any atom is -0.350 e. The molecule has 4 nitrogen and oxygen atoms in total. The number of nitrogens with one attached hydrogen (secondary N) is 2. The Hall–Kier alpha value is -1.97. The smallest absolute Gasteiger partial charge is 0.350 e. The lowest BCUT2D eigenvalue weighted by Gasteiger charge is -2.20. The third-order valence-corrected chi connectivity index (χ3v) is 5.43. The number of benzene rings is 2. The molecule has 0 saturated heterocycles. The standard InChI is InChI=1S/C20H18Cl2F4N2O2S/c1-31-7-6-17(28-18(29)14-5-3-12(21)8-16(14)22)19(30)27-10-11-2-4-13(23)9-15(11)20(24,25)26/h2-5,8-9,17H,6-7,10H2,1H3,(H,27,30)(H,28,29). The fourth-order valence-electron chi connectivity index (χ4n) is 2.69. The van der Waals surface area contributed by atoms with Crippen LogP contribution in [0.15, 0.2) is 36.4 Å². The lowest BCUT2D eigenvalue weighted by molar-refractivity contribution is -0.138. The average Bonchev–Trinajstić information content (AvgIpc) is 2.69. The van der Waals surface area contributed by atoms with Gasteiger partial charge in [0, 0.05) is 11.6 Å². The maximum absolute atomic E-state index is 13.2. The molecule has 0 saturated carbocycles. The monoisotopic (exact) mass is 496 g/mol. The number of hydrogen-bond acceptors (Lipinski definition) is 3. The van der Waals surface area contributed by atoms with Gasteiger partial charge < -0.3 is 10.6 Å². The van der Waals surface area contributed by atoms with Crippen molar-refractivity contribution in [1.82, 2.24) is 10.6 Å². The fourth-order valence-corrected chi connectivity index (χ4v) is 3.65. The maximum atomic E-state index is 13.2. The zero-order valence-corrected chi connectivity index (χ0v) is 18.5. The number of hydrogen-bond donors (Lipinski definition) is 2. The predicted octanol–water partition coefficient (Wildman–Crippen LogP) is 5.32. The van der Waals surface area contributed by atoms with E-state index >= 15 is 0 Å². The molecule has 0 radical (unpaired) electrons. The summed E-state index contributed by atoms with van der Waals surface area (Å²) in [4.78, 5) is 25.1. The van der Waals surface area contributed by atoms with Crippen LogP contribution in [0.25, 0.3) is 0 Å². The highest BCUT2D eigenvalue weighted by Gasteiger charge is 2.34. The lowest BCUT2D eigenvalue weighted by atomic mass is 10.1. The van der Waals surface area contributed by atoms with Gasteiger partial charge in [0.05, 0.1) is 16.1 Å². The molecule has 168 valence electrons. The highest BCUT2D eigenvalue weighted by atomic mass is 35.5. The number of carbonyl (C=O) groups is 2. The van der Waals surface area contributed by atoms with Crippen molar-refractivity contribution in [2.45, 2.75) is 25.2 Å². The first-order chi connectivity index (χ1) is 14.5. The van der Waals surface area contributed by atoms with Crippen LogP contribution in [0.1, 0.15) is 27.9 Å². The first kappa shape index (κ1) is 25.3. The van der Waals surface area contributed by atoms with Crippen LogP contribution in [0.3, 0.4) is 0 Å². The molecule has 0 fully saturated rings. The highest BCUT2D eigenvalue weighted by Crippen LogP contribution is 2.32. The van der Waals surface area contributed by atoms with Crippen LogP contribution in [-0.2, 0) is 17.5 Å². The van der Waals surface area contributed by atoms with E-state index < -0.39 is 42.0 Å². The second-order valence-corrected chi connectivity index (χ2v) is 8.28. The Morgan fingerprint density at radius 2 is 1.84 bits per heavy atom. The molecular formula is C20H18Cl2F4N2O2S. The van der Waals surface area contributed by atoms with Gasteiger partial charge in [0.1, 0.15) is 11.9 Å². The number of carbonyl (C=O) groups excluding carboxylic acids is 2. The SMILES string of the molecule is CSCCC(NC(=O)c1ccc(Cl)cc1Cl)C(=O)NCc1ccc(F)cc1C(F)(F)F. The Labute approximate surface area is 190 Å². The molecule has 31 heavy (non-hydrogen) atoms. The van der Waals surface area contributed by atoms with Gasteiger partial charge in [-0.3, -0.25) is 9.59 Å². The number of amides is 2. The molecule has 2 rings (SSSR count). The molecule has 1 atom stereocenters. The minimum atomic E-state index is -4.78. The number of alkyl halides is 3. The van der Waals surface area contributed by atoms with E-state index in [0.29, 0.717) is 16.8 Å². The summed E-state index contributed by atoms with van der Waals surface area (Å²) in [7, 11) is 0. The Morgan fingerprint density at radius 1 is 1.13 bits per heavy atom. The third kappa shape index (κ3) is 7.29. The summed E-state index contributed by atoms with van der Waals surface area (Å²) in [5.74, 6) is -1.82. The molecule has 0 bridgehead atoms. The van der Waals surface area contributed by atoms with Crippen molar-refractivity contribution in [1.29, 1.82) is 0 Å². The molecule has 0 aliphatic rings. The van der Waals surface area contributed by atoms with E-state index in [-0.39, 0.29) is 22.6 Å². The van der Waals surface area contributed by atoms with Crippen LogP contribution < -0.4 is 10.6 Å². The number of thioether (sulfide) groups is 1. The Balaban J connectivity index is 2.14. The van der Waals surface area contributed by atoms with Crippen molar-refractivity contribution in [2.24, 2.45) is 0 Å². The van der Waals surface area contributed by atoms with E-state index in [9.17, 15) is 27.2 Å². The molecule has 0 heterocycles. The van der Waals surface area contributed by atoms with Crippen molar-refractivity contribution < 1.29 is 27.2 Å². The number of halogens is 6. The summed E-state index contributed by atoms with van der Waals surface area (Å²) < 4.78 is 52.7. The van der Waals surface area contributed by atoms with Crippen LogP contribution in [0, 0.1) is 5.82 Å². The fraction of sp³-hybridized carbons (Fsp3) is 0.300. The Morgan fingerprint density at radius 3 is 2.45 bits per heavy atom. The number of rotatable bonds is 8. The lowest BCUT2D eigenvalue weighted by Crippen LogP contribution is -2.47. The Kier molecular flexibility index (Phi) is 9.02. The highest BCUT2D eigenvalue weighted by molar-refractivity contribution is 7.98. The second-order valence-electron chi connectivity index (χ2n) is 6.45. The van der Waals surface area contributed by atoms with E-state index in [2.05, 4.69) is 10.6 Å². The molecule has 1 unspecified atom stereocenters. The summed E-state index contributed by atoms with van der Waals surface area (Å²) in [6.45, 7) is -0.485. The van der Waals surface area contributed by atoms with E-state index in [1.807, 2.05) is 0 Å². The normalized spacial score (nSPS) is 12.4. The van der Waals surface area contributed by atoms with Crippen molar-refractivity contribution in [3.8, 4) is 0 Å². The zero-order chi connectivity index (χ0) is 23.2. The molecule has 0 aromatic heterocycles. The van der Waals surface area contributed by atoms with E-state index in [0.717, 1.165) is 12.1 Å². The van der Waals surface area contributed by atoms with Crippen LogP contribution >= 0.6 is 35.0 Å². The molecule has 0 aliphatic heterocycles. The van der Waals surface area contributed by atoms with Gasteiger partial charge in [-0.2, -0.15) is 24.9 Å². The van der Waals surface area contributed by atoms with Crippen molar-refractivity contribution in [3.05, 3.63) is 69.0 Å². The van der Waals surface area contributed by atoms with Crippen molar-refractivity contribution >= 4 is 46.8 Å². The van der Waals surface area contributed by atoms with Crippen LogP contribution in [0.2, 0.25) is 10.0 Å². The molecular weight excluding hydrogens is 479 g/mol. The van der Waals surface area contributed by atoms with Gasteiger partial charge in [0.15, 0.2) is 0 Å². The topological polar surface area (TPSA) is 58.2 Å². The molecule has 2 amide bonds. The van der Waals surface area contributed by atoms with Crippen molar-refractivity contribution in [3.63, 3.8) is 0 Å². The summed E-state index contributed by atoms with van der Waals surface area (Å²) >= 11 is 13.3. The maximum Gasteiger partial charge on any atom is 0.416 e. The third-order valence-electron chi connectivity index (χ3n) is 4.24. The van der Waals surface area contributed by atoms with E-state index in [1.165, 1.54) is 30.0 Å². The molecule has 2 aromatic carbocycles.